The van der Waals surface area contributed by atoms with Gasteiger partial charge in [0.25, 0.3) is 0 Å². The Morgan fingerprint density at radius 2 is 1.90 bits per heavy atom. The van der Waals surface area contributed by atoms with Crippen LogP contribution in [-0.2, 0) is 6.54 Å². The minimum absolute atomic E-state index is 0. The predicted octanol–water partition coefficient (Wildman–Crippen LogP) is 4.17. The molecule has 168 valence electrons. The molecule has 0 radical (unpaired) electrons. The topological polar surface area (TPSA) is 74.9 Å². The van der Waals surface area contributed by atoms with Crippen LogP contribution in [0.2, 0.25) is 0 Å². The zero-order chi connectivity index (χ0) is 21.2. The summed E-state index contributed by atoms with van der Waals surface area (Å²) in [7, 11) is 7.58. The van der Waals surface area contributed by atoms with Crippen LogP contribution < -0.4 is 15.4 Å². The minimum atomic E-state index is 0. The highest BCUT2D eigenvalue weighted by Crippen LogP contribution is 2.27. The maximum atomic E-state index is 5.54. The van der Waals surface area contributed by atoms with Crippen molar-refractivity contribution in [2.24, 2.45) is 4.99 Å². The SMILES string of the molecule is CCC(CC)c1cc(CNC(=NC)NCC(c2ccccc2OC)N(C)C)on1.I. The summed E-state index contributed by atoms with van der Waals surface area (Å²) in [5.41, 5.74) is 2.16. The molecular weight excluding hydrogens is 493 g/mol. The molecule has 2 N–H and O–H groups in total. The summed E-state index contributed by atoms with van der Waals surface area (Å²) in [5, 5.41) is 10.9. The second kappa shape index (κ2) is 13.5. The van der Waals surface area contributed by atoms with Crippen LogP contribution in [0.25, 0.3) is 0 Å². The lowest BCUT2D eigenvalue weighted by atomic mass is 9.99. The van der Waals surface area contributed by atoms with Gasteiger partial charge in [-0.25, -0.2) is 0 Å². The standard InChI is InChI=1S/C22H35N5O2.HI/c1-7-16(8-2)19-13-17(29-26-19)14-24-22(23-3)25-15-20(27(4)5)18-11-9-10-12-21(18)28-6;/h9-13,16,20H,7-8,14-15H2,1-6H3,(H2,23,24,25);1H. The lowest BCUT2D eigenvalue weighted by molar-refractivity contribution is 0.287. The number of halogens is 1. The molecular formula is C22H36IN5O2. The Bertz CT molecular complexity index is 774. The Kier molecular flexibility index (Phi) is 11.8. The van der Waals surface area contributed by atoms with E-state index in [2.05, 4.69) is 59.7 Å². The van der Waals surface area contributed by atoms with Gasteiger partial charge in [0.1, 0.15) is 5.75 Å². The number of benzene rings is 1. The van der Waals surface area contributed by atoms with Crippen LogP contribution in [0.15, 0.2) is 39.8 Å². The van der Waals surface area contributed by atoms with Crippen LogP contribution >= 0.6 is 24.0 Å². The van der Waals surface area contributed by atoms with E-state index in [0.717, 1.165) is 35.6 Å². The second-order valence-electron chi connectivity index (χ2n) is 7.26. The third-order valence-corrected chi connectivity index (χ3v) is 5.22. The van der Waals surface area contributed by atoms with Gasteiger partial charge in [-0.2, -0.15) is 0 Å². The van der Waals surface area contributed by atoms with Gasteiger partial charge in [-0.1, -0.05) is 37.2 Å². The number of rotatable bonds is 10. The van der Waals surface area contributed by atoms with E-state index in [0.29, 0.717) is 25.0 Å². The number of methoxy groups -OCH3 is 1. The van der Waals surface area contributed by atoms with E-state index < -0.39 is 0 Å². The molecule has 0 aliphatic carbocycles. The summed E-state index contributed by atoms with van der Waals surface area (Å²) in [6, 6.07) is 10.3. The molecule has 0 spiro atoms. The Hall–Kier alpha value is -1.81. The fraction of sp³-hybridized carbons (Fsp3) is 0.545. The van der Waals surface area contributed by atoms with E-state index in [-0.39, 0.29) is 30.0 Å². The number of aromatic nitrogens is 1. The van der Waals surface area contributed by atoms with Crippen LogP contribution in [-0.4, -0.2) is 50.8 Å². The van der Waals surface area contributed by atoms with E-state index in [1.165, 1.54) is 0 Å². The molecule has 0 saturated carbocycles. The molecule has 0 aliphatic heterocycles. The highest BCUT2D eigenvalue weighted by Gasteiger charge is 2.19. The molecule has 0 bridgehead atoms. The number of nitrogens with one attached hydrogen (secondary N) is 2. The lowest BCUT2D eigenvalue weighted by Gasteiger charge is -2.27. The molecule has 0 fully saturated rings. The number of para-hydroxylation sites is 1. The van der Waals surface area contributed by atoms with Crippen LogP contribution in [0.4, 0.5) is 0 Å². The molecule has 8 heteroatoms. The normalized spacial score (nSPS) is 12.6. The highest BCUT2D eigenvalue weighted by molar-refractivity contribution is 14.0. The third kappa shape index (κ3) is 7.16. The molecule has 2 aromatic rings. The third-order valence-electron chi connectivity index (χ3n) is 5.22. The maximum absolute atomic E-state index is 5.54. The van der Waals surface area contributed by atoms with Crippen molar-refractivity contribution in [3.63, 3.8) is 0 Å². The number of guanidine groups is 1. The van der Waals surface area contributed by atoms with Gasteiger partial charge in [0.15, 0.2) is 11.7 Å². The van der Waals surface area contributed by atoms with Crippen molar-refractivity contribution >= 4 is 29.9 Å². The molecule has 1 aromatic carbocycles. The lowest BCUT2D eigenvalue weighted by Crippen LogP contribution is -2.41. The van der Waals surface area contributed by atoms with Crippen molar-refractivity contribution in [1.82, 2.24) is 20.7 Å². The maximum Gasteiger partial charge on any atom is 0.191 e. The number of hydrogen-bond acceptors (Lipinski definition) is 5. The average molecular weight is 529 g/mol. The summed E-state index contributed by atoms with van der Waals surface area (Å²) < 4.78 is 11.0. The van der Waals surface area contributed by atoms with Gasteiger partial charge >= 0.3 is 0 Å². The molecule has 30 heavy (non-hydrogen) atoms. The smallest absolute Gasteiger partial charge is 0.191 e. The van der Waals surface area contributed by atoms with Crippen molar-refractivity contribution < 1.29 is 9.26 Å². The van der Waals surface area contributed by atoms with Crippen molar-refractivity contribution in [3.8, 4) is 5.75 Å². The van der Waals surface area contributed by atoms with Gasteiger partial charge in [0.2, 0.25) is 0 Å². The first-order valence-electron chi connectivity index (χ1n) is 10.2. The first-order chi connectivity index (χ1) is 14.0. The summed E-state index contributed by atoms with van der Waals surface area (Å²) in [6.07, 6.45) is 2.13. The van der Waals surface area contributed by atoms with Crippen LogP contribution in [0.1, 0.15) is 55.7 Å². The first kappa shape index (κ1) is 26.2. The van der Waals surface area contributed by atoms with Crippen molar-refractivity contribution in [2.75, 3.05) is 34.8 Å². The van der Waals surface area contributed by atoms with Crippen molar-refractivity contribution in [2.45, 2.75) is 45.2 Å². The quantitative estimate of drug-likeness (QED) is 0.274. The molecule has 1 heterocycles. The largest absolute Gasteiger partial charge is 0.496 e. The summed E-state index contributed by atoms with van der Waals surface area (Å²) >= 11 is 0. The zero-order valence-corrected chi connectivity index (χ0v) is 21.3. The van der Waals surface area contributed by atoms with E-state index in [1.54, 1.807) is 14.2 Å². The van der Waals surface area contributed by atoms with Gasteiger partial charge in [0, 0.05) is 31.1 Å². The van der Waals surface area contributed by atoms with Gasteiger partial charge in [-0.3, -0.25) is 4.99 Å². The zero-order valence-electron chi connectivity index (χ0n) is 18.9. The number of hydrogen-bond donors (Lipinski definition) is 2. The Morgan fingerprint density at radius 3 is 2.50 bits per heavy atom. The van der Waals surface area contributed by atoms with Crippen LogP contribution in [0.3, 0.4) is 0 Å². The molecule has 2 rings (SSSR count). The summed E-state index contributed by atoms with van der Waals surface area (Å²) in [5.74, 6) is 2.86. The molecule has 7 nitrogen and oxygen atoms in total. The fourth-order valence-corrected chi connectivity index (χ4v) is 3.41. The van der Waals surface area contributed by atoms with E-state index in [9.17, 15) is 0 Å². The minimum Gasteiger partial charge on any atom is -0.496 e. The van der Waals surface area contributed by atoms with Crippen LogP contribution in [0, 0.1) is 0 Å². The molecule has 1 unspecified atom stereocenters. The van der Waals surface area contributed by atoms with Gasteiger partial charge in [-0.05, 0) is 33.0 Å². The Morgan fingerprint density at radius 1 is 1.20 bits per heavy atom. The van der Waals surface area contributed by atoms with E-state index in [1.807, 2.05) is 24.3 Å². The van der Waals surface area contributed by atoms with E-state index >= 15 is 0 Å². The Labute approximate surface area is 197 Å². The van der Waals surface area contributed by atoms with Gasteiger partial charge in [0.05, 0.1) is 25.4 Å². The molecule has 0 aliphatic rings. The average Bonchev–Trinajstić information content (AvgIpc) is 3.20. The predicted molar refractivity (Wildman–Crippen MR) is 133 cm³/mol. The molecule has 0 amide bonds. The second-order valence-corrected chi connectivity index (χ2v) is 7.26. The molecule has 0 saturated heterocycles. The Balaban J connectivity index is 0.00000450. The monoisotopic (exact) mass is 529 g/mol. The number of likely N-dealkylation sites (N-methyl/N-ethyl adjacent to an activating group) is 1. The summed E-state index contributed by atoms with van der Waals surface area (Å²) in [6.45, 7) is 5.57. The number of aliphatic imine (C=N–C) groups is 1. The molecule has 1 atom stereocenters. The number of nitrogens with zero attached hydrogens (tertiary/aromatic N) is 3. The number of ether oxygens (including phenoxy) is 1. The first-order valence-corrected chi connectivity index (χ1v) is 10.2. The highest BCUT2D eigenvalue weighted by atomic mass is 127. The summed E-state index contributed by atoms with van der Waals surface area (Å²) in [4.78, 5) is 6.49. The van der Waals surface area contributed by atoms with Crippen molar-refractivity contribution in [3.05, 3.63) is 47.3 Å². The van der Waals surface area contributed by atoms with E-state index in [4.69, 9.17) is 9.26 Å². The molecule has 1 aromatic heterocycles. The van der Waals surface area contributed by atoms with Crippen molar-refractivity contribution in [1.29, 1.82) is 0 Å². The van der Waals surface area contributed by atoms with Crippen LogP contribution in [0.5, 0.6) is 5.75 Å². The van der Waals surface area contributed by atoms with Gasteiger partial charge < -0.3 is 24.8 Å². The fourth-order valence-electron chi connectivity index (χ4n) is 3.41. The van der Waals surface area contributed by atoms with Gasteiger partial charge in [-0.15, -0.1) is 24.0 Å².